The number of rotatable bonds is 4. The van der Waals surface area contributed by atoms with Crippen molar-refractivity contribution in [3.05, 3.63) is 40.9 Å². The molecule has 0 amide bonds. The summed E-state index contributed by atoms with van der Waals surface area (Å²) in [6, 6.07) is 6.84. The van der Waals surface area contributed by atoms with E-state index >= 15 is 0 Å². The third-order valence-electron chi connectivity index (χ3n) is 3.02. The van der Waals surface area contributed by atoms with Gasteiger partial charge in [-0.15, -0.1) is 11.3 Å². The van der Waals surface area contributed by atoms with Crippen LogP contribution in [0.4, 0.5) is 0 Å². The van der Waals surface area contributed by atoms with E-state index in [9.17, 15) is 4.79 Å². The van der Waals surface area contributed by atoms with Crippen LogP contribution in [0, 0.1) is 0 Å². The van der Waals surface area contributed by atoms with E-state index in [4.69, 9.17) is 5.11 Å². The van der Waals surface area contributed by atoms with Gasteiger partial charge in [0.15, 0.2) is 0 Å². The number of aromatic nitrogens is 1. The molecule has 3 nitrogen and oxygen atoms in total. The average molecular weight is 261 g/mol. The fourth-order valence-electron chi connectivity index (χ4n) is 1.61. The molecule has 1 heterocycles. The maximum Gasteiger partial charge on any atom is 0.335 e. The van der Waals surface area contributed by atoms with Crippen LogP contribution < -0.4 is 0 Å². The van der Waals surface area contributed by atoms with E-state index in [-0.39, 0.29) is 0 Å². The Labute approximate surface area is 110 Å². The molecule has 1 unspecified atom stereocenters. The summed E-state index contributed by atoms with van der Waals surface area (Å²) in [5.41, 5.74) is 2.39. The van der Waals surface area contributed by atoms with Gasteiger partial charge in [0.05, 0.1) is 11.3 Å². The van der Waals surface area contributed by atoms with Crippen molar-refractivity contribution in [3.8, 4) is 10.6 Å². The van der Waals surface area contributed by atoms with Crippen molar-refractivity contribution < 1.29 is 9.90 Å². The van der Waals surface area contributed by atoms with E-state index in [0.717, 1.165) is 22.7 Å². The van der Waals surface area contributed by atoms with Gasteiger partial charge >= 0.3 is 5.97 Å². The van der Waals surface area contributed by atoms with Gasteiger partial charge in [-0.05, 0) is 24.5 Å². The van der Waals surface area contributed by atoms with Gasteiger partial charge in [0.25, 0.3) is 0 Å². The molecule has 0 aliphatic carbocycles. The van der Waals surface area contributed by atoms with E-state index in [2.05, 4.69) is 24.2 Å². The summed E-state index contributed by atoms with van der Waals surface area (Å²) < 4.78 is 0. The summed E-state index contributed by atoms with van der Waals surface area (Å²) in [7, 11) is 0. The van der Waals surface area contributed by atoms with Crippen molar-refractivity contribution in [3.63, 3.8) is 0 Å². The Hall–Kier alpha value is -1.68. The molecule has 1 atom stereocenters. The summed E-state index contributed by atoms with van der Waals surface area (Å²) in [6.07, 6.45) is 1.07. The molecule has 0 fully saturated rings. The number of aromatic carboxylic acids is 1. The van der Waals surface area contributed by atoms with Crippen molar-refractivity contribution >= 4 is 17.3 Å². The molecular formula is C14H15NO2S. The number of carbonyl (C=O) groups is 1. The summed E-state index contributed by atoms with van der Waals surface area (Å²) in [5, 5.41) is 11.9. The first kappa shape index (κ1) is 12.8. The zero-order valence-corrected chi connectivity index (χ0v) is 11.2. The van der Waals surface area contributed by atoms with Crippen LogP contribution in [0.3, 0.4) is 0 Å². The average Bonchev–Trinajstić information content (AvgIpc) is 2.87. The third-order valence-corrected chi connectivity index (χ3v) is 3.93. The van der Waals surface area contributed by atoms with Crippen molar-refractivity contribution in [2.45, 2.75) is 26.2 Å². The molecule has 0 spiro atoms. The summed E-state index contributed by atoms with van der Waals surface area (Å²) >= 11 is 1.60. The zero-order valence-electron chi connectivity index (χ0n) is 10.4. The quantitative estimate of drug-likeness (QED) is 0.904. The Morgan fingerprint density at radius 3 is 2.61 bits per heavy atom. The number of carboxylic acid groups (broad SMARTS) is 1. The molecule has 1 aromatic carbocycles. The first-order chi connectivity index (χ1) is 8.61. The van der Waals surface area contributed by atoms with Gasteiger partial charge in [0.2, 0.25) is 0 Å². The molecule has 0 bridgehead atoms. The minimum absolute atomic E-state index is 0.303. The Morgan fingerprint density at radius 2 is 2.06 bits per heavy atom. The minimum Gasteiger partial charge on any atom is -0.478 e. The predicted molar refractivity (Wildman–Crippen MR) is 73.2 cm³/mol. The van der Waals surface area contributed by atoms with Crippen molar-refractivity contribution in [1.29, 1.82) is 0 Å². The molecular weight excluding hydrogens is 246 g/mol. The largest absolute Gasteiger partial charge is 0.478 e. The lowest BCUT2D eigenvalue weighted by molar-refractivity contribution is 0.0697. The molecule has 0 saturated heterocycles. The highest BCUT2D eigenvalue weighted by atomic mass is 32.1. The predicted octanol–water partition coefficient (Wildman–Crippen LogP) is 4.02. The Morgan fingerprint density at radius 1 is 1.39 bits per heavy atom. The van der Waals surface area contributed by atoms with Crippen LogP contribution >= 0.6 is 11.3 Å². The van der Waals surface area contributed by atoms with E-state index in [0.29, 0.717) is 11.5 Å². The van der Waals surface area contributed by atoms with E-state index in [1.165, 1.54) is 0 Å². The number of benzene rings is 1. The monoisotopic (exact) mass is 261 g/mol. The van der Waals surface area contributed by atoms with Gasteiger partial charge in [-0.2, -0.15) is 0 Å². The maximum atomic E-state index is 10.8. The van der Waals surface area contributed by atoms with Crippen LogP contribution in [0.15, 0.2) is 29.6 Å². The smallest absolute Gasteiger partial charge is 0.335 e. The zero-order chi connectivity index (χ0) is 13.1. The summed E-state index contributed by atoms with van der Waals surface area (Å²) in [4.78, 5) is 15.4. The Balaban J connectivity index is 2.26. The second kappa shape index (κ2) is 5.31. The van der Waals surface area contributed by atoms with Gasteiger partial charge in [-0.25, -0.2) is 9.78 Å². The molecule has 0 saturated carbocycles. The fraction of sp³-hybridized carbons (Fsp3) is 0.286. The van der Waals surface area contributed by atoms with Crippen LogP contribution in [0.2, 0.25) is 0 Å². The number of carboxylic acids is 1. The molecule has 0 aliphatic rings. The second-order valence-corrected chi connectivity index (χ2v) is 5.13. The summed E-state index contributed by atoms with van der Waals surface area (Å²) in [5.74, 6) is -0.436. The van der Waals surface area contributed by atoms with Gasteiger partial charge in [0.1, 0.15) is 5.01 Å². The highest BCUT2D eigenvalue weighted by Crippen LogP contribution is 2.28. The molecule has 4 heteroatoms. The SMILES string of the molecule is CCC(C)c1csc(-c2ccc(C(=O)O)cc2)n1. The van der Waals surface area contributed by atoms with Crippen LogP contribution in [-0.4, -0.2) is 16.1 Å². The van der Waals surface area contributed by atoms with E-state index in [1.54, 1.807) is 23.5 Å². The maximum absolute atomic E-state index is 10.8. The summed E-state index contributed by atoms with van der Waals surface area (Å²) in [6.45, 7) is 4.30. The molecule has 18 heavy (non-hydrogen) atoms. The first-order valence-electron chi connectivity index (χ1n) is 5.91. The molecule has 1 aromatic heterocycles. The van der Waals surface area contributed by atoms with Crippen LogP contribution in [0.5, 0.6) is 0 Å². The van der Waals surface area contributed by atoms with Crippen molar-refractivity contribution in [2.75, 3.05) is 0 Å². The highest BCUT2D eigenvalue weighted by molar-refractivity contribution is 7.13. The van der Waals surface area contributed by atoms with Gasteiger partial charge in [0, 0.05) is 10.9 Å². The normalized spacial score (nSPS) is 12.3. The first-order valence-corrected chi connectivity index (χ1v) is 6.79. The lowest BCUT2D eigenvalue weighted by atomic mass is 10.1. The van der Waals surface area contributed by atoms with Crippen molar-refractivity contribution in [1.82, 2.24) is 4.98 Å². The van der Waals surface area contributed by atoms with Crippen LogP contribution in [0.25, 0.3) is 10.6 Å². The standard InChI is InChI=1S/C14H15NO2S/c1-3-9(2)12-8-18-13(15-12)10-4-6-11(7-5-10)14(16)17/h4-9H,3H2,1-2H3,(H,16,17). The molecule has 94 valence electrons. The molecule has 0 aliphatic heterocycles. The molecule has 0 radical (unpaired) electrons. The van der Waals surface area contributed by atoms with Gasteiger partial charge in [-0.3, -0.25) is 0 Å². The number of thiazole rings is 1. The number of hydrogen-bond acceptors (Lipinski definition) is 3. The Bertz CT molecular complexity index is 545. The minimum atomic E-state index is -0.902. The fourth-order valence-corrected chi connectivity index (χ4v) is 2.56. The number of nitrogens with zero attached hydrogens (tertiary/aromatic N) is 1. The van der Waals surface area contributed by atoms with Crippen LogP contribution in [0.1, 0.15) is 42.2 Å². The van der Waals surface area contributed by atoms with Gasteiger partial charge in [-0.1, -0.05) is 26.0 Å². The van der Waals surface area contributed by atoms with Crippen LogP contribution in [-0.2, 0) is 0 Å². The van der Waals surface area contributed by atoms with Gasteiger partial charge < -0.3 is 5.11 Å². The third kappa shape index (κ3) is 2.59. The van der Waals surface area contributed by atoms with E-state index < -0.39 is 5.97 Å². The topological polar surface area (TPSA) is 50.2 Å². The molecule has 2 aromatic rings. The molecule has 2 rings (SSSR count). The lowest BCUT2D eigenvalue weighted by Crippen LogP contribution is -1.95. The molecule has 1 N–H and O–H groups in total. The highest BCUT2D eigenvalue weighted by Gasteiger charge is 2.10. The second-order valence-electron chi connectivity index (χ2n) is 4.27. The Kier molecular flexibility index (Phi) is 3.77. The number of hydrogen-bond donors (Lipinski definition) is 1. The van der Waals surface area contributed by atoms with Crippen molar-refractivity contribution in [2.24, 2.45) is 0 Å². The lowest BCUT2D eigenvalue weighted by Gasteiger charge is -2.02. The van der Waals surface area contributed by atoms with E-state index in [1.807, 2.05) is 12.1 Å².